The van der Waals surface area contributed by atoms with E-state index < -0.39 is 5.91 Å². The highest BCUT2D eigenvalue weighted by Gasteiger charge is 2.17. The molecule has 0 aliphatic carbocycles. The summed E-state index contributed by atoms with van der Waals surface area (Å²) in [4.78, 5) is 24.5. The van der Waals surface area contributed by atoms with E-state index in [0.29, 0.717) is 33.0 Å². The standard InChI is InChI=1S/C17H14ClN3O4/c1-24-13-8-12(14(25-2)7-11(13)18)19-17(23)15-9-5-3-4-6-10(9)16(22)21-20-15/h3-8H,1-2H3,(H,19,23)(H,21,22). The van der Waals surface area contributed by atoms with Gasteiger partial charge >= 0.3 is 0 Å². The summed E-state index contributed by atoms with van der Waals surface area (Å²) in [5, 5.41) is 10.1. The maximum atomic E-state index is 12.7. The fraction of sp³-hybridized carbons (Fsp3) is 0.118. The predicted molar refractivity (Wildman–Crippen MR) is 94.9 cm³/mol. The Bertz CT molecular complexity index is 1020. The molecule has 128 valence electrons. The molecule has 3 rings (SSSR count). The second-order valence-corrected chi connectivity index (χ2v) is 5.50. The first-order valence-corrected chi connectivity index (χ1v) is 7.63. The highest BCUT2D eigenvalue weighted by atomic mass is 35.5. The Balaban J connectivity index is 2.04. The lowest BCUT2D eigenvalue weighted by Crippen LogP contribution is -2.19. The van der Waals surface area contributed by atoms with Gasteiger partial charge in [0.1, 0.15) is 11.5 Å². The average Bonchev–Trinajstić information content (AvgIpc) is 2.63. The summed E-state index contributed by atoms with van der Waals surface area (Å²) in [6, 6.07) is 9.81. The van der Waals surface area contributed by atoms with Gasteiger partial charge in [-0.15, -0.1) is 0 Å². The molecule has 0 bridgehead atoms. The third-order valence-corrected chi connectivity index (χ3v) is 3.93. The summed E-state index contributed by atoms with van der Waals surface area (Å²) in [6.45, 7) is 0. The minimum absolute atomic E-state index is 0.0890. The molecule has 7 nitrogen and oxygen atoms in total. The number of nitrogens with one attached hydrogen (secondary N) is 2. The van der Waals surface area contributed by atoms with Crippen LogP contribution in [0.3, 0.4) is 0 Å². The monoisotopic (exact) mass is 359 g/mol. The molecule has 0 unspecified atom stereocenters. The lowest BCUT2D eigenvalue weighted by Gasteiger charge is -2.13. The molecule has 2 aromatic carbocycles. The van der Waals surface area contributed by atoms with Gasteiger partial charge in [0.25, 0.3) is 11.5 Å². The smallest absolute Gasteiger partial charge is 0.276 e. The van der Waals surface area contributed by atoms with E-state index in [2.05, 4.69) is 15.5 Å². The number of rotatable bonds is 4. The van der Waals surface area contributed by atoms with E-state index in [9.17, 15) is 9.59 Å². The van der Waals surface area contributed by atoms with E-state index in [-0.39, 0.29) is 11.3 Å². The van der Waals surface area contributed by atoms with Crippen LogP contribution in [0.4, 0.5) is 5.69 Å². The molecule has 25 heavy (non-hydrogen) atoms. The van der Waals surface area contributed by atoms with E-state index in [1.807, 2.05) is 0 Å². The predicted octanol–water partition coefficient (Wildman–Crippen LogP) is 2.85. The number of aromatic amines is 1. The molecular formula is C17H14ClN3O4. The summed E-state index contributed by atoms with van der Waals surface area (Å²) in [7, 11) is 2.93. The van der Waals surface area contributed by atoms with Gasteiger partial charge in [-0.3, -0.25) is 9.59 Å². The number of fused-ring (bicyclic) bond motifs is 1. The fourth-order valence-electron chi connectivity index (χ4n) is 2.43. The van der Waals surface area contributed by atoms with Gasteiger partial charge in [0.15, 0.2) is 5.69 Å². The summed E-state index contributed by atoms with van der Waals surface area (Å²) < 4.78 is 10.4. The second kappa shape index (κ2) is 6.82. The largest absolute Gasteiger partial charge is 0.495 e. The molecule has 1 amide bonds. The molecule has 0 fully saturated rings. The number of carbonyl (C=O) groups excluding carboxylic acids is 1. The van der Waals surface area contributed by atoms with Crippen molar-refractivity contribution >= 4 is 34.0 Å². The van der Waals surface area contributed by atoms with Gasteiger partial charge in [0.05, 0.1) is 30.3 Å². The van der Waals surface area contributed by atoms with E-state index in [4.69, 9.17) is 21.1 Å². The molecule has 0 radical (unpaired) electrons. The zero-order valence-corrected chi connectivity index (χ0v) is 14.2. The maximum absolute atomic E-state index is 12.7. The average molecular weight is 360 g/mol. The first-order chi connectivity index (χ1) is 12.0. The van der Waals surface area contributed by atoms with Crippen molar-refractivity contribution in [3.63, 3.8) is 0 Å². The molecule has 1 aromatic heterocycles. The molecular weight excluding hydrogens is 346 g/mol. The number of anilines is 1. The van der Waals surface area contributed by atoms with Gasteiger partial charge in [-0.1, -0.05) is 29.8 Å². The topological polar surface area (TPSA) is 93.3 Å². The van der Waals surface area contributed by atoms with Gasteiger partial charge in [-0.25, -0.2) is 5.10 Å². The van der Waals surface area contributed by atoms with Gasteiger partial charge in [0.2, 0.25) is 0 Å². The molecule has 0 aliphatic heterocycles. The number of hydrogen-bond donors (Lipinski definition) is 2. The summed E-state index contributed by atoms with van der Waals surface area (Å²) >= 11 is 6.06. The van der Waals surface area contributed by atoms with Crippen LogP contribution in [0.5, 0.6) is 11.5 Å². The van der Waals surface area contributed by atoms with Crippen LogP contribution >= 0.6 is 11.6 Å². The first-order valence-electron chi connectivity index (χ1n) is 7.25. The normalized spacial score (nSPS) is 10.5. The van der Waals surface area contributed by atoms with E-state index in [0.717, 1.165) is 0 Å². The molecule has 8 heteroatoms. The number of benzene rings is 2. The summed E-state index contributed by atoms with van der Waals surface area (Å²) in [6.07, 6.45) is 0. The van der Waals surface area contributed by atoms with Gasteiger partial charge in [-0.05, 0) is 6.07 Å². The Morgan fingerprint density at radius 2 is 1.80 bits per heavy atom. The number of H-pyrrole nitrogens is 1. The molecule has 0 spiro atoms. The van der Waals surface area contributed by atoms with Crippen molar-refractivity contribution < 1.29 is 14.3 Å². The van der Waals surface area contributed by atoms with Crippen molar-refractivity contribution in [2.45, 2.75) is 0 Å². The van der Waals surface area contributed by atoms with Crippen molar-refractivity contribution in [1.29, 1.82) is 0 Å². The Morgan fingerprint density at radius 3 is 2.48 bits per heavy atom. The van der Waals surface area contributed by atoms with Crippen LogP contribution in [-0.4, -0.2) is 30.3 Å². The molecule has 0 aliphatic rings. The number of methoxy groups -OCH3 is 2. The Labute approximate surface area is 147 Å². The van der Waals surface area contributed by atoms with Gasteiger partial charge in [0, 0.05) is 17.5 Å². The van der Waals surface area contributed by atoms with Crippen molar-refractivity contribution in [2.24, 2.45) is 0 Å². The summed E-state index contributed by atoms with van der Waals surface area (Å²) in [5.74, 6) is 0.250. The molecule has 0 atom stereocenters. The molecule has 1 heterocycles. The highest BCUT2D eigenvalue weighted by molar-refractivity contribution is 6.32. The third-order valence-electron chi connectivity index (χ3n) is 3.63. The molecule has 2 N–H and O–H groups in total. The van der Waals surface area contributed by atoms with Gasteiger partial charge in [-0.2, -0.15) is 5.10 Å². The maximum Gasteiger partial charge on any atom is 0.276 e. The number of ether oxygens (including phenoxy) is 2. The summed E-state index contributed by atoms with van der Waals surface area (Å²) in [5.41, 5.74) is 0.0925. The first kappa shape index (κ1) is 16.8. The van der Waals surface area contributed by atoms with Crippen LogP contribution in [0.2, 0.25) is 5.02 Å². The number of halogens is 1. The minimum Gasteiger partial charge on any atom is -0.495 e. The van der Waals surface area contributed by atoms with Crippen molar-refractivity contribution in [3.05, 3.63) is 57.5 Å². The van der Waals surface area contributed by atoms with Crippen molar-refractivity contribution in [3.8, 4) is 11.5 Å². The molecule has 3 aromatic rings. The van der Waals surface area contributed by atoms with Crippen LogP contribution in [0.15, 0.2) is 41.2 Å². The minimum atomic E-state index is -0.505. The van der Waals surface area contributed by atoms with Crippen LogP contribution in [0, 0.1) is 0 Å². The van der Waals surface area contributed by atoms with Crippen molar-refractivity contribution in [2.75, 3.05) is 19.5 Å². The van der Waals surface area contributed by atoms with Gasteiger partial charge < -0.3 is 14.8 Å². The van der Waals surface area contributed by atoms with E-state index in [1.165, 1.54) is 20.3 Å². The lowest BCUT2D eigenvalue weighted by molar-refractivity contribution is 0.102. The van der Waals surface area contributed by atoms with Crippen LogP contribution < -0.4 is 20.3 Å². The van der Waals surface area contributed by atoms with Crippen LogP contribution in [0.25, 0.3) is 10.8 Å². The Morgan fingerprint density at radius 1 is 1.12 bits per heavy atom. The van der Waals surface area contributed by atoms with E-state index >= 15 is 0 Å². The zero-order chi connectivity index (χ0) is 18.0. The second-order valence-electron chi connectivity index (χ2n) is 5.09. The number of amides is 1. The Hall–Kier alpha value is -3.06. The molecule has 0 saturated carbocycles. The third kappa shape index (κ3) is 3.14. The SMILES string of the molecule is COc1cc(NC(=O)c2n[nH]c(=O)c3ccccc23)c(OC)cc1Cl. The fourth-order valence-corrected chi connectivity index (χ4v) is 2.66. The number of carbonyl (C=O) groups is 1. The molecule has 0 saturated heterocycles. The van der Waals surface area contributed by atoms with Crippen LogP contribution in [-0.2, 0) is 0 Å². The van der Waals surface area contributed by atoms with Crippen LogP contribution in [0.1, 0.15) is 10.5 Å². The number of nitrogens with zero attached hydrogens (tertiary/aromatic N) is 1. The number of aromatic nitrogens is 2. The Kier molecular flexibility index (Phi) is 4.58. The highest BCUT2D eigenvalue weighted by Crippen LogP contribution is 2.36. The number of hydrogen-bond acceptors (Lipinski definition) is 5. The van der Waals surface area contributed by atoms with E-state index in [1.54, 1.807) is 30.3 Å². The zero-order valence-electron chi connectivity index (χ0n) is 13.4. The van der Waals surface area contributed by atoms with Crippen molar-refractivity contribution in [1.82, 2.24) is 10.2 Å². The lowest BCUT2D eigenvalue weighted by atomic mass is 10.1. The quantitative estimate of drug-likeness (QED) is 0.747.